The molecule has 0 unspecified atom stereocenters. The fourth-order valence-electron chi connectivity index (χ4n) is 0.484. The molecule has 0 radical (unpaired) electrons. The van der Waals surface area contributed by atoms with Gasteiger partial charge in [-0.1, -0.05) is 26.2 Å². The number of hydrogen-bond donors (Lipinski definition) is 0. The second-order valence-corrected chi connectivity index (χ2v) is 1.90. The van der Waals surface area contributed by atoms with Gasteiger partial charge >= 0.3 is 0 Å². The largest absolute Gasteiger partial charge is 0.394 e. The fraction of sp³-hybridized carbons (Fsp3) is 0.286. The minimum Gasteiger partial charge on any atom is -0.394 e. The molecule has 48 valence electrons. The molecule has 0 aliphatic rings. The van der Waals surface area contributed by atoms with Gasteiger partial charge in [0.05, 0.1) is 0 Å². The number of rotatable bonds is 0. The molecule has 1 aromatic rings. The van der Waals surface area contributed by atoms with E-state index in [-0.39, 0.29) is 21.1 Å². The summed E-state index contributed by atoms with van der Waals surface area (Å²) in [6.07, 6.45) is 4.57. The monoisotopic (exact) mass is 290 g/mol. The van der Waals surface area contributed by atoms with Gasteiger partial charge in [0, 0.05) is 21.1 Å². The normalized spacial score (nSPS) is 8.22. The van der Waals surface area contributed by atoms with E-state index in [1.54, 1.807) is 0 Å². The number of aromatic nitrogens is 1. The average Bonchev–Trinajstić information content (AvgIpc) is 1.77. The minimum atomic E-state index is 0. The van der Waals surface area contributed by atoms with Gasteiger partial charge in [0.25, 0.3) is 0 Å². The van der Waals surface area contributed by atoms with Gasteiger partial charge in [-0.25, -0.2) is 0 Å². The molecule has 2 heteroatoms. The Hall–Kier alpha value is -0.162. The topological polar surface area (TPSA) is 12.9 Å². The van der Waals surface area contributed by atoms with Crippen LogP contribution in [0.15, 0.2) is 12.3 Å². The van der Waals surface area contributed by atoms with Crippen LogP contribution in [0.4, 0.5) is 0 Å². The molecule has 1 heterocycles. The summed E-state index contributed by atoms with van der Waals surface area (Å²) in [6.45, 7) is 4.09. The molecular weight excluding hydrogens is 282 g/mol. The van der Waals surface area contributed by atoms with Crippen molar-refractivity contribution in [2.45, 2.75) is 13.8 Å². The van der Waals surface area contributed by atoms with Crippen LogP contribution in [-0.4, -0.2) is 4.98 Å². The van der Waals surface area contributed by atoms with Crippen molar-refractivity contribution < 1.29 is 21.1 Å². The van der Waals surface area contributed by atoms with E-state index in [9.17, 15) is 0 Å². The van der Waals surface area contributed by atoms with Crippen LogP contribution in [0, 0.1) is 20.0 Å². The predicted octanol–water partition coefficient (Wildman–Crippen LogP) is 1.50. The van der Waals surface area contributed by atoms with Crippen molar-refractivity contribution in [3.63, 3.8) is 0 Å². The first-order valence-corrected chi connectivity index (χ1v) is 2.60. The zero-order chi connectivity index (χ0) is 5.98. The molecule has 0 aliphatic carbocycles. The van der Waals surface area contributed by atoms with Crippen LogP contribution in [0.3, 0.4) is 0 Å². The SMILES string of the molecule is Cc1c[c-]ncc1C.[W]. The summed E-state index contributed by atoms with van der Waals surface area (Å²) >= 11 is 0. The number of nitrogens with zero attached hydrogens (tertiary/aromatic N) is 1. The summed E-state index contributed by atoms with van der Waals surface area (Å²) in [7, 11) is 0. The summed E-state index contributed by atoms with van der Waals surface area (Å²) < 4.78 is 0. The molecule has 0 saturated heterocycles. The van der Waals surface area contributed by atoms with E-state index in [0.29, 0.717) is 0 Å². The van der Waals surface area contributed by atoms with Crippen molar-refractivity contribution >= 4 is 0 Å². The Morgan fingerprint density at radius 2 is 2.00 bits per heavy atom. The van der Waals surface area contributed by atoms with Gasteiger partial charge in [0.2, 0.25) is 0 Å². The Bertz CT molecular complexity index is 165. The Kier molecular flexibility index (Phi) is 3.72. The van der Waals surface area contributed by atoms with Crippen molar-refractivity contribution in [2.24, 2.45) is 0 Å². The zero-order valence-electron chi connectivity index (χ0n) is 5.51. The molecule has 1 aromatic heterocycles. The summed E-state index contributed by atoms with van der Waals surface area (Å²) in [5.41, 5.74) is 2.48. The molecule has 0 spiro atoms. The van der Waals surface area contributed by atoms with Crippen molar-refractivity contribution in [3.8, 4) is 0 Å². The van der Waals surface area contributed by atoms with Crippen molar-refractivity contribution in [2.75, 3.05) is 0 Å². The first-order valence-electron chi connectivity index (χ1n) is 2.60. The second kappa shape index (κ2) is 3.79. The minimum absolute atomic E-state index is 0. The van der Waals surface area contributed by atoms with Gasteiger partial charge in [0.15, 0.2) is 0 Å². The fourth-order valence-corrected chi connectivity index (χ4v) is 0.484. The first kappa shape index (κ1) is 8.84. The number of aryl methyl sites for hydroxylation is 2. The third-order valence-corrected chi connectivity index (χ3v) is 1.24. The molecule has 0 aliphatic heterocycles. The molecule has 1 nitrogen and oxygen atoms in total. The predicted molar refractivity (Wildman–Crippen MR) is 32.5 cm³/mol. The summed E-state index contributed by atoms with van der Waals surface area (Å²) in [5, 5.41) is 0. The van der Waals surface area contributed by atoms with Crippen molar-refractivity contribution in [3.05, 3.63) is 29.6 Å². The van der Waals surface area contributed by atoms with Crippen molar-refractivity contribution in [1.29, 1.82) is 0 Å². The van der Waals surface area contributed by atoms with Crippen LogP contribution in [0.25, 0.3) is 0 Å². The van der Waals surface area contributed by atoms with Crippen LogP contribution in [0.2, 0.25) is 0 Å². The molecule has 0 N–H and O–H groups in total. The van der Waals surface area contributed by atoms with E-state index in [1.165, 1.54) is 11.1 Å². The van der Waals surface area contributed by atoms with E-state index in [4.69, 9.17) is 0 Å². The van der Waals surface area contributed by atoms with Gasteiger partial charge in [0.1, 0.15) is 0 Å². The molecule has 0 fully saturated rings. The summed E-state index contributed by atoms with van der Waals surface area (Å²) in [5.74, 6) is 0. The van der Waals surface area contributed by atoms with Gasteiger partial charge in [-0.15, -0.1) is 5.56 Å². The third kappa shape index (κ3) is 2.27. The van der Waals surface area contributed by atoms with E-state index in [0.717, 1.165) is 0 Å². The molecule has 1 rings (SSSR count). The third-order valence-electron chi connectivity index (χ3n) is 1.24. The number of pyridine rings is 1. The Balaban J connectivity index is 0.000000640. The standard InChI is InChI=1S/C7H8N.W/c1-6-3-4-8-5-7(6)2;/h3,5H,1-2H3;/q-1;. The van der Waals surface area contributed by atoms with Gasteiger partial charge in [-0.3, -0.25) is 0 Å². The van der Waals surface area contributed by atoms with E-state index in [1.807, 2.05) is 26.1 Å². The maximum atomic E-state index is 3.82. The molecule has 0 saturated carbocycles. The molecule has 9 heavy (non-hydrogen) atoms. The maximum Gasteiger partial charge on any atom is 0 e. The smallest absolute Gasteiger partial charge is 0 e. The van der Waals surface area contributed by atoms with Crippen LogP contribution in [-0.2, 0) is 21.1 Å². The average molecular weight is 290 g/mol. The zero-order valence-corrected chi connectivity index (χ0v) is 8.44. The van der Waals surface area contributed by atoms with Crippen LogP contribution >= 0.6 is 0 Å². The van der Waals surface area contributed by atoms with Crippen LogP contribution in [0.1, 0.15) is 11.1 Å². The van der Waals surface area contributed by atoms with E-state index >= 15 is 0 Å². The Morgan fingerprint density at radius 3 is 2.33 bits per heavy atom. The summed E-state index contributed by atoms with van der Waals surface area (Å²) in [4.78, 5) is 3.82. The molecular formula is C7H8NW-. The van der Waals surface area contributed by atoms with Gasteiger partial charge < -0.3 is 4.98 Å². The Labute approximate surface area is 69.8 Å². The quantitative estimate of drug-likeness (QED) is 0.660. The Morgan fingerprint density at radius 1 is 1.33 bits per heavy atom. The maximum absolute atomic E-state index is 3.82. The molecule has 0 bridgehead atoms. The second-order valence-electron chi connectivity index (χ2n) is 1.90. The van der Waals surface area contributed by atoms with Gasteiger partial charge in [-0.05, 0) is 0 Å². The first-order chi connectivity index (χ1) is 3.80. The molecule has 0 atom stereocenters. The summed E-state index contributed by atoms with van der Waals surface area (Å²) in [6, 6.07) is 1.88. The van der Waals surface area contributed by atoms with Gasteiger partial charge in [-0.2, -0.15) is 11.6 Å². The molecule has 0 amide bonds. The van der Waals surface area contributed by atoms with E-state index < -0.39 is 0 Å². The van der Waals surface area contributed by atoms with Crippen molar-refractivity contribution in [1.82, 2.24) is 4.98 Å². The van der Waals surface area contributed by atoms with Crippen LogP contribution < -0.4 is 0 Å². The van der Waals surface area contributed by atoms with Crippen LogP contribution in [0.5, 0.6) is 0 Å². The van der Waals surface area contributed by atoms with E-state index in [2.05, 4.69) is 11.2 Å². The number of hydrogen-bond acceptors (Lipinski definition) is 1. The molecule has 0 aromatic carbocycles.